The standard InChI is InChI=1S/C11H21NOS/c1-5-7-12(8-6-2)9(3)11(13)10(4)14/h9H,5-8H2,1-4H3. The molecule has 0 aromatic rings. The average Bonchev–Trinajstić information content (AvgIpc) is 2.15. The van der Waals surface area contributed by atoms with E-state index in [2.05, 4.69) is 18.7 Å². The molecular weight excluding hydrogens is 194 g/mol. The van der Waals surface area contributed by atoms with E-state index in [1.807, 2.05) is 6.92 Å². The molecule has 0 amide bonds. The number of nitrogens with zero attached hydrogens (tertiary/aromatic N) is 1. The number of carbonyl (C=O) groups is 1. The Morgan fingerprint density at radius 1 is 1.29 bits per heavy atom. The number of ketones is 1. The number of thiocarbonyl (C=S) groups is 1. The lowest BCUT2D eigenvalue weighted by atomic mass is 10.1. The van der Waals surface area contributed by atoms with Gasteiger partial charge in [-0.15, -0.1) is 0 Å². The van der Waals surface area contributed by atoms with Crippen molar-refractivity contribution in [1.82, 2.24) is 4.90 Å². The van der Waals surface area contributed by atoms with E-state index >= 15 is 0 Å². The van der Waals surface area contributed by atoms with Crippen molar-refractivity contribution in [2.24, 2.45) is 0 Å². The van der Waals surface area contributed by atoms with Crippen LogP contribution in [0.5, 0.6) is 0 Å². The molecule has 0 aromatic heterocycles. The predicted molar refractivity (Wildman–Crippen MR) is 64.9 cm³/mol. The van der Waals surface area contributed by atoms with E-state index in [4.69, 9.17) is 12.2 Å². The summed E-state index contributed by atoms with van der Waals surface area (Å²) in [7, 11) is 0. The van der Waals surface area contributed by atoms with Gasteiger partial charge in [-0.3, -0.25) is 9.69 Å². The van der Waals surface area contributed by atoms with Crippen LogP contribution in [-0.4, -0.2) is 34.7 Å². The van der Waals surface area contributed by atoms with Crippen molar-refractivity contribution in [1.29, 1.82) is 0 Å². The first-order chi connectivity index (χ1) is 6.54. The Morgan fingerprint density at radius 2 is 1.71 bits per heavy atom. The quantitative estimate of drug-likeness (QED) is 0.608. The van der Waals surface area contributed by atoms with Gasteiger partial charge < -0.3 is 0 Å². The fraction of sp³-hybridized carbons (Fsp3) is 0.818. The van der Waals surface area contributed by atoms with E-state index < -0.39 is 0 Å². The third-order valence-corrected chi connectivity index (χ3v) is 2.50. The maximum atomic E-state index is 11.7. The third-order valence-electron chi connectivity index (χ3n) is 2.30. The Bertz CT molecular complexity index is 197. The third kappa shape index (κ3) is 4.29. The molecule has 0 radical (unpaired) electrons. The largest absolute Gasteiger partial charge is 0.294 e. The molecule has 1 atom stereocenters. The first-order valence-electron chi connectivity index (χ1n) is 5.33. The van der Waals surface area contributed by atoms with Crippen molar-refractivity contribution < 1.29 is 4.79 Å². The topological polar surface area (TPSA) is 20.3 Å². The summed E-state index contributed by atoms with van der Waals surface area (Å²) in [6, 6.07) is -0.0487. The summed E-state index contributed by atoms with van der Waals surface area (Å²) >= 11 is 4.91. The van der Waals surface area contributed by atoms with Gasteiger partial charge in [0.1, 0.15) is 0 Å². The number of Topliss-reactive ketones (excluding diaryl/α,β-unsaturated/α-hetero) is 1. The minimum Gasteiger partial charge on any atom is -0.294 e. The second-order valence-electron chi connectivity index (χ2n) is 3.63. The van der Waals surface area contributed by atoms with Crippen molar-refractivity contribution in [2.45, 2.75) is 46.6 Å². The zero-order chi connectivity index (χ0) is 11.1. The van der Waals surface area contributed by atoms with Gasteiger partial charge in [-0.2, -0.15) is 0 Å². The molecule has 0 aliphatic carbocycles. The molecule has 0 fully saturated rings. The van der Waals surface area contributed by atoms with Crippen molar-refractivity contribution in [3.05, 3.63) is 0 Å². The van der Waals surface area contributed by atoms with Gasteiger partial charge in [0.2, 0.25) is 0 Å². The highest BCUT2D eigenvalue weighted by Crippen LogP contribution is 2.04. The van der Waals surface area contributed by atoms with Crippen LogP contribution < -0.4 is 0 Å². The van der Waals surface area contributed by atoms with Crippen LogP contribution >= 0.6 is 12.2 Å². The number of carbonyl (C=O) groups excluding carboxylic acids is 1. The Balaban J connectivity index is 4.33. The highest BCUT2D eigenvalue weighted by atomic mass is 32.1. The summed E-state index contributed by atoms with van der Waals surface area (Å²) in [5.74, 6) is 0.0990. The summed E-state index contributed by atoms with van der Waals surface area (Å²) in [5.41, 5.74) is 0. The van der Waals surface area contributed by atoms with Crippen molar-refractivity contribution in [3.8, 4) is 0 Å². The highest BCUT2D eigenvalue weighted by molar-refractivity contribution is 7.82. The fourth-order valence-corrected chi connectivity index (χ4v) is 1.70. The molecule has 0 aromatic carbocycles. The number of rotatable bonds is 7. The second kappa shape index (κ2) is 7.07. The lowest BCUT2D eigenvalue weighted by molar-refractivity contribution is -0.117. The number of hydrogen-bond acceptors (Lipinski definition) is 3. The molecule has 82 valence electrons. The molecule has 0 spiro atoms. The number of hydrogen-bond donors (Lipinski definition) is 0. The maximum absolute atomic E-state index is 11.7. The average molecular weight is 215 g/mol. The normalized spacial score (nSPS) is 12.9. The maximum Gasteiger partial charge on any atom is 0.186 e. The highest BCUT2D eigenvalue weighted by Gasteiger charge is 2.20. The summed E-state index contributed by atoms with van der Waals surface area (Å²) in [6.07, 6.45) is 2.15. The van der Waals surface area contributed by atoms with Crippen LogP contribution in [0.2, 0.25) is 0 Å². The van der Waals surface area contributed by atoms with Gasteiger partial charge in [-0.05, 0) is 39.8 Å². The zero-order valence-electron chi connectivity index (χ0n) is 9.67. The first kappa shape index (κ1) is 13.7. The molecule has 3 heteroatoms. The van der Waals surface area contributed by atoms with Crippen LogP contribution in [-0.2, 0) is 4.79 Å². The lowest BCUT2D eigenvalue weighted by Gasteiger charge is -2.26. The Kier molecular flexibility index (Phi) is 6.93. The Morgan fingerprint density at radius 3 is 2.00 bits per heavy atom. The van der Waals surface area contributed by atoms with Gasteiger partial charge in [0.05, 0.1) is 10.9 Å². The first-order valence-corrected chi connectivity index (χ1v) is 5.74. The van der Waals surface area contributed by atoms with Gasteiger partial charge in [0.25, 0.3) is 0 Å². The molecule has 0 aliphatic rings. The van der Waals surface area contributed by atoms with E-state index in [0.29, 0.717) is 4.86 Å². The summed E-state index contributed by atoms with van der Waals surface area (Å²) in [6.45, 7) is 9.87. The molecule has 0 heterocycles. The fourth-order valence-electron chi connectivity index (χ4n) is 1.53. The van der Waals surface area contributed by atoms with Crippen molar-refractivity contribution in [3.63, 3.8) is 0 Å². The molecule has 1 unspecified atom stereocenters. The van der Waals surface area contributed by atoms with Crippen LogP contribution in [0, 0.1) is 0 Å². The summed E-state index contributed by atoms with van der Waals surface area (Å²) in [4.78, 5) is 14.4. The molecule has 0 N–H and O–H groups in total. The van der Waals surface area contributed by atoms with Gasteiger partial charge >= 0.3 is 0 Å². The monoisotopic (exact) mass is 215 g/mol. The van der Waals surface area contributed by atoms with E-state index in [0.717, 1.165) is 25.9 Å². The van der Waals surface area contributed by atoms with Gasteiger partial charge in [-0.1, -0.05) is 26.1 Å². The molecule has 0 bridgehead atoms. The molecule has 0 rings (SSSR count). The summed E-state index contributed by atoms with van der Waals surface area (Å²) < 4.78 is 0. The lowest BCUT2D eigenvalue weighted by Crippen LogP contribution is -2.42. The Labute approximate surface area is 92.7 Å². The Hall–Kier alpha value is -0.280. The van der Waals surface area contributed by atoms with Gasteiger partial charge in [-0.25, -0.2) is 0 Å². The van der Waals surface area contributed by atoms with Crippen LogP contribution in [0.1, 0.15) is 40.5 Å². The van der Waals surface area contributed by atoms with Crippen molar-refractivity contribution in [2.75, 3.05) is 13.1 Å². The summed E-state index contributed by atoms with van der Waals surface area (Å²) in [5, 5.41) is 0. The van der Waals surface area contributed by atoms with Gasteiger partial charge in [0, 0.05) is 0 Å². The molecule has 0 aliphatic heterocycles. The van der Waals surface area contributed by atoms with Gasteiger partial charge in [0.15, 0.2) is 5.78 Å². The second-order valence-corrected chi connectivity index (χ2v) is 4.24. The van der Waals surface area contributed by atoms with Crippen molar-refractivity contribution >= 4 is 22.9 Å². The molecule has 0 saturated carbocycles. The van der Waals surface area contributed by atoms with E-state index in [1.54, 1.807) is 6.92 Å². The SMILES string of the molecule is CCCN(CCC)C(C)C(=O)C(C)=S. The van der Waals surface area contributed by atoms with E-state index in [-0.39, 0.29) is 11.8 Å². The van der Waals surface area contributed by atoms with Crippen LogP contribution in [0.15, 0.2) is 0 Å². The molecular formula is C11H21NOS. The zero-order valence-corrected chi connectivity index (χ0v) is 10.5. The minimum absolute atomic E-state index is 0.0487. The smallest absolute Gasteiger partial charge is 0.186 e. The van der Waals surface area contributed by atoms with Crippen LogP contribution in [0.25, 0.3) is 0 Å². The van der Waals surface area contributed by atoms with Crippen LogP contribution in [0.3, 0.4) is 0 Å². The molecule has 0 saturated heterocycles. The molecule has 14 heavy (non-hydrogen) atoms. The van der Waals surface area contributed by atoms with Crippen LogP contribution in [0.4, 0.5) is 0 Å². The predicted octanol–water partition coefficient (Wildman–Crippen LogP) is 2.46. The van der Waals surface area contributed by atoms with E-state index in [1.165, 1.54) is 0 Å². The van der Waals surface area contributed by atoms with E-state index in [9.17, 15) is 4.79 Å². The molecule has 2 nitrogen and oxygen atoms in total. The minimum atomic E-state index is -0.0487.